The van der Waals surface area contributed by atoms with E-state index in [1.807, 2.05) is 13.8 Å². The van der Waals surface area contributed by atoms with Crippen LogP contribution >= 0.6 is 0 Å². The summed E-state index contributed by atoms with van der Waals surface area (Å²) in [6.07, 6.45) is 1.87. The molecule has 0 saturated heterocycles. The second-order valence-electron chi connectivity index (χ2n) is 4.36. The van der Waals surface area contributed by atoms with Crippen LogP contribution in [0.2, 0.25) is 0 Å². The Bertz CT molecular complexity index is 394. The summed E-state index contributed by atoms with van der Waals surface area (Å²) in [7, 11) is 1.64. The zero-order chi connectivity index (χ0) is 12.3. The fraction of sp³-hybridized carbons (Fsp3) is 0.667. The quantitative estimate of drug-likeness (QED) is 0.848. The van der Waals surface area contributed by atoms with Crippen LogP contribution in [0.25, 0.3) is 0 Å². The molecule has 0 saturated carbocycles. The Balaban J connectivity index is 2.36. The number of aromatic nitrogens is 2. The van der Waals surface area contributed by atoms with E-state index in [-0.39, 0.29) is 6.10 Å². The zero-order valence-electron chi connectivity index (χ0n) is 10.6. The first-order chi connectivity index (χ1) is 8.20. The van der Waals surface area contributed by atoms with Gasteiger partial charge in [-0.2, -0.15) is 9.97 Å². The summed E-state index contributed by atoms with van der Waals surface area (Å²) >= 11 is 0. The van der Waals surface area contributed by atoms with Crippen molar-refractivity contribution >= 4 is 0 Å². The van der Waals surface area contributed by atoms with E-state index in [9.17, 15) is 0 Å². The lowest BCUT2D eigenvalue weighted by atomic mass is 10.1. The van der Waals surface area contributed by atoms with Gasteiger partial charge in [0.05, 0.1) is 18.9 Å². The minimum absolute atomic E-state index is 0.0710. The lowest BCUT2D eigenvalue weighted by Crippen LogP contribution is -2.16. The van der Waals surface area contributed by atoms with Gasteiger partial charge in [0.15, 0.2) is 0 Å². The van der Waals surface area contributed by atoms with E-state index in [0.717, 1.165) is 37.2 Å². The summed E-state index contributed by atoms with van der Waals surface area (Å²) in [5.74, 6) is 0.648. The highest BCUT2D eigenvalue weighted by Crippen LogP contribution is 2.24. The van der Waals surface area contributed by atoms with Crippen molar-refractivity contribution in [3.8, 4) is 11.9 Å². The SMILES string of the molecule is COc1nc(OC(C)C)nc2c1CCNCC2. The van der Waals surface area contributed by atoms with E-state index in [2.05, 4.69) is 15.3 Å². The second-order valence-corrected chi connectivity index (χ2v) is 4.36. The Labute approximate surface area is 102 Å². The van der Waals surface area contributed by atoms with Gasteiger partial charge >= 0.3 is 6.01 Å². The van der Waals surface area contributed by atoms with Gasteiger partial charge in [0, 0.05) is 18.5 Å². The van der Waals surface area contributed by atoms with Crippen LogP contribution < -0.4 is 14.8 Å². The summed E-state index contributed by atoms with van der Waals surface area (Å²) < 4.78 is 10.9. The molecule has 94 valence electrons. The highest BCUT2D eigenvalue weighted by molar-refractivity contribution is 5.33. The molecule has 2 rings (SSSR count). The topological polar surface area (TPSA) is 56.3 Å². The van der Waals surface area contributed by atoms with Crippen LogP contribution in [0.5, 0.6) is 11.9 Å². The van der Waals surface area contributed by atoms with Gasteiger partial charge in [-0.25, -0.2) is 0 Å². The van der Waals surface area contributed by atoms with Gasteiger partial charge in [-0.05, 0) is 26.8 Å². The molecule has 17 heavy (non-hydrogen) atoms. The Kier molecular flexibility index (Phi) is 3.78. The monoisotopic (exact) mass is 237 g/mol. The maximum absolute atomic E-state index is 5.54. The normalized spacial score (nSPS) is 15.3. The standard InChI is InChI=1S/C12H19N3O2/c1-8(2)17-12-14-10-5-7-13-6-4-9(10)11(15-12)16-3/h8,13H,4-7H2,1-3H3. The Morgan fingerprint density at radius 3 is 2.65 bits per heavy atom. The van der Waals surface area contributed by atoms with Gasteiger partial charge in [0.2, 0.25) is 5.88 Å². The third-order valence-corrected chi connectivity index (χ3v) is 2.66. The highest BCUT2D eigenvalue weighted by atomic mass is 16.5. The summed E-state index contributed by atoms with van der Waals surface area (Å²) in [5, 5.41) is 3.34. The van der Waals surface area contributed by atoms with Crippen LogP contribution in [0.3, 0.4) is 0 Å². The number of nitrogens with one attached hydrogen (secondary N) is 1. The molecule has 0 amide bonds. The van der Waals surface area contributed by atoms with Gasteiger partial charge in [0.1, 0.15) is 0 Å². The second kappa shape index (κ2) is 5.31. The molecule has 0 bridgehead atoms. The van der Waals surface area contributed by atoms with Crippen LogP contribution in [0, 0.1) is 0 Å². The lowest BCUT2D eigenvalue weighted by molar-refractivity contribution is 0.217. The van der Waals surface area contributed by atoms with E-state index in [1.54, 1.807) is 7.11 Å². The minimum atomic E-state index is 0.0710. The number of nitrogens with zero attached hydrogens (tertiary/aromatic N) is 2. The average molecular weight is 237 g/mol. The molecular formula is C12H19N3O2. The molecule has 0 aromatic carbocycles. The molecule has 1 aliphatic heterocycles. The van der Waals surface area contributed by atoms with Crippen molar-refractivity contribution in [2.75, 3.05) is 20.2 Å². The Morgan fingerprint density at radius 1 is 1.18 bits per heavy atom. The van der Waals surface area contributed by atoms with Crippen LogP contribution in [0.15, 0.2) is 0 Å². The third kappa shape index (κ3) is 2.85. The molecule has 0 spiro atoms. The van der Waals surface area contributed by atoms with Gasteiger partial charge in [-0.3, -0.25) is 0 Å². The summed E-state index contributed by atoms with van der Waals surface area (Å²) in [4.78, 5) is 8.77. The molecule has 5 heteroatoms. The fourth-order valence-corrected chi connectivity index (χ4v) is 1.92. The van der Waals surface area contributed by atoms with Crippen molar-refractivity contribution in [3.05, 3.63) is 11.3 Å². The number of ether oxygens (including phenoxy) is 2. The first kappa shape index (κ1) is 12.1. The first-order valence-electron chi connectivity index (χ1n) is 6.02. The van der Waals surface area contributed by atoms with Gasteiger partial charge in [-0.15, -0.1) is 0 Å². The van der Waals surface area contributed by atoms with Gasteiger partial charge in [-0.1, -0.05) is 0 Å². The average Bonchev–Trinajstić information content (AvgIpc) is 2.52. The molecule has 0 atom stereocenters. The molecule has 0 aliphatic carbocycles. The van der Waals surface area contributed by atoms with Crippen molar-refractivity contribution in [3.63, 3.8) is 0 Å². The molecule has 0 fully saturated rings. The van der Waals surface area contributed by atoms with Crippen LogP contribution in [0.4, 0.5) is 0 Å². The van der Waals surface area contributed by atoms with Crippen molar-refractivity contribution in [1.29, 1.82) is 0 Å². The predicted octanol–water partition coefficient (Wildman–Crippen LogP) is 0.961. The van der Waals surface area contributed by atoms with Crippen molar-refractivity contribution in [1.82, 2.24) is 15.3 Å². The van der Waals surface area contributed by atoms with Gasteiger partial charge in [0.25, 0.3) is 0 Å². The molecule has 0 radical (unpaired) electrons. The number of methoxy groups -OCH3 is 1. The first-order valence-corrected chi connectivity index (χ1v) is 6.02. The van der Waals surface area contributed by atoms with Gasteiger partial charge < -0.3 is 14.8 Å². The van der Waals surface area contributed by atoms with Crippen LogP contribution in [-0.2, 0) is 12.8 Å². The van der Waals surface area contributed by atoms with Crippen molar-refractivity contribution in [2.45, 2.75) is 32.8 Å². The van der Waals surface area contributed by atoms with Crippen molar-refractivity contribution in [2.24, 2.45) is 0 Å². The van der Waals surface area contributed by atoms with E-state index in [1.165, 1.54) is 0 Å². The highest BCUT2D eigenvalue weighted by Gasteiger charge is 2.18. The molecule has 1 aliphatic rings. The minimum Gasteiger partial charge on any atom is -0.481 e. The molecular weight excluding hydrogens is 218 g/mol. The van der Waals surface area contributed by atoms with E-state index >= 15 is 0 Å². The van der Waals surface area contributed by atoms with Crippen molar-refractivity contribution < 1.29 is 9.47 Å². The maximum atomic E-state index is 5.54. The largest absolute Gasteiger partial charge is 0.481 e. The summed E-state index contributed by atoms with van der Waals surface area (Å²) in [6.45, 7) is 5.80. The number of fused-ring (bicyclic) bond motifs is 1. The number of rotatable bonds is 3. The fourth-order valence-electron chi connectivity index (χ4n) is 1.92. The molecule has 2 heterocycles. The predicted molar refractivity (Wildman–Crippen MR) is 64.6 cm³/mol. The maximum Gasteiger partial charge on any atom is 0.320 e. The van der Waals surface area contributed by atoms with E-state index < -0.39 is 0 Å². The lowest BCUT2D eigenvalue weighted by Gasteiger charge is -2.13. The smallest absolute Gasteiger partial charge is 0.320 e. The summed E-state index contributed by atoms with van der Waals surface area (Å²) in [6, 6.07) is 0.414. The summed E-state index contributed by atoms with van der Waals surface area (Å²) in [5.41, 5.74) is 2.14. The van der Waals surface area contributed by atoms with E-state index in [4.69, 9.17) is 9.47 Å². The van der Waals surface area contributed by atoms with E-state index in [0.29, 0.717) is 11.9 Å². The third-order valence-electron chi connectivity index (χ3n) is 2.66. The molecule has 0 unspecified atom stereocenters. The van der Waals surface area contributed by atoms with Crippen LogP contribution in [-0.4, -0.2) is 36.3 Å². The number of hydrogen-bond acceptors (Lipinski definition) is 5. The Morgan fingerprint density at radius 2 is 1.94 bits per heavy atom. The van der Waals surface area contributed by atoms with Crippen LogP contribution in [0.1, 0.15) is 25.1 Å². The number of hydrogen-bond donors (Lipinski definition) is 1. The molecule has 5 nitrogen and oxygen atoms in total. The molecule has 1 aromatic rings. The Hall–Kier alpha value is -1.36. The zero-order valence-corrected chi connectivity index (χ0v) is 10.6. The molecule has 1 aromatic heterocycles. The molecule has 1 N–H and O–H groups in total.